The molecule has 3 heterocycles. The minimum absolute atomic E-state index is 0.113. The van der Waals surface area contributed by atoms with E-state index in [1.807, 2.05) is 4.90 Å². The number of amides is 2. The Labute approximate surface area is 138 Å². The van der Waals surface area contributed by atoms with Gasteiger partial charge in [0, 0.05) is 39.3 Å². The van der Waals surface area contributed by atoms with E-state index in [1.165, 1.54) is 0 Å². The van der Waals surface area contributed by atoms with E-state index in [9.17, 15) is 9.18 Å². The first-order chi connectivity index (χ1) is 11.5. The number of nitrogens with zero attached hydrogens (tertiary/aromatic N) is 5. The van der Waals surface area contributed by atoms with Gasteiger partial charge in [0.1, 0.15) is 6.17 Å². The molecule has 3 rings (SSSR count). The van der Waals surface area contributed by atoms with Crippen molar-refractivity contribution in [3.05, 3.63) is 24.1 Å². The van der Waals surface area contributed by atoms with Gasteiger partial charge in [-0.25, -0.2) is 9.18 Å². The molecule has 0 spiro atoms. The first kappa shape index (κ1) is 16.4. The standard InChI is InChI=1S/C14H20FN7O2/c1-9-18-13(20-24-9)8-22-6-10(15)3-12(22)5-16-14(23)19-11-4-17-21(2)7-11/h4,7,10,12H,3,5-6,8H2,1-2H3,(H2,16,19,23)/t10-,12-/m0/s1. The summed E-state index contributed by atoms with van der Waals surface area (Å²) in [6, 6.07) is -0.459. The Hall–Kier alpha value is -2.49. The molecule has 1 saturated heterocycles. The molecule has 1 aliphatic rings. The summed E-state index contributed by atoms with van der Waals surface area (Å²) in [6.07, 6.45) is 2.69. The number of hydrogen-bond acceptors (Lipinski definition) is 6. The summed E-state index contributed by atoms with van der Waals surface area (Å²) in [7, 11) is 1.76. The zero-order valence-electron chi connectivity index (χ0n) is 13.6. The molecule has 0 saturated carbocycles. The lowest BCUT2D eigenvalue weighted by Gasteiger charge is -2.22. The van der Waals surface area contributed by atoms with Gasteiger partial charge in [0.25, 0.3) is 0 Å². The number of rotatable bonds is 5. The van der Waals surface area contributed by atoms with Gasteiger partial charge in [-0.15, -0.1) is 0 Å². The average molecular weight is 337 g/mol. The van der Waals surface area contributed by atoms with Gasteiger partial charge in [-0.05, 0) is 6.42 Å². The van der Waals surface area contributed by atoms with E-state index >= 15 is 0 Å². The van der Waals surface area contributed by atoms with Crippen molar-refractivity contribution in [3.8, 4) is 0 Å². The summed E-state index contributed by atoms with van der Waals surface area (Å²) < 4.78 is 20.3. The van der Waals surface area contributed by atoms with Gasteiger partial charge >= 0.3 is 6.03 Å². The predicted molar refractivity (Wildman–Crippen MR) is 83.0 cm³/mol. The van der Waals surface area contributed by atoms with Crippen LogP contribution in [0.4, 0.5) is 14.9 Å². The highest BCUT2D eigenvalue weighted by atomic mass is 19.1. The van der Waals surface area contributed by atoms with E-state index in [2.05, 4.69) is 25.9 Å². The number of alkyl halides is 1. The van der Waals surface area contributed by atoms with Crippen LogP contribution in [0.5, 0.6) is 0 Å². The molecule has 2 aromatic rings. The normalized spacial score (nSPS) is 21.1. The van der Waals surface area contributed by atoms with Crippen LogP contribution in [-0.4, -0.2) is 56.2 Å². The topological polar surface area (TPSA) is 101 Å². The monoisotopic (exact) mass is 337 g/mol. The molecule has 2 N–H and O–H groups in total. The molecule has 24 heavy (non-hydrogen) atoms. The van der Waals surface area contributed by atoms with Crippen molar-refractivity contribution in [2.75, 3.05) is 18.4 Å². The Bertz CT molecular complexity index is 701. The zero-order valence-corrected chi connectivity index (χ0v) is 13.6. The van der Waals surface area contributed by atoms with E-state index in [4.69, 9.17) is 4.52 Å². The number of likely N-dealkylation sites (tertiary alicyclic amines) is 1. The van der Waals surface area contributed by atoms with Gasteiger partial charge in [0.05, 0.1) is 18.4 Å². The summed E-state index contributed by atoms with van der Waals surface area (Å²) in [4.78, 5) is 18.0. The lowest BCUT2D eigenvalue weighted by molar-refractivity contribution is 0.218. The van der Waals surface area contributed by atoms with Crippen molar-refractivity contribution < 1.29 is 13.7 Å². The first-order valence-electron chi connectivity index (χ1n) is 7.70. The molecule has 10 heteroatoms. The number of nitrogens with one attached hydrogen (secondary N) is 2. The van der Waals surface area contributed by atoms with E-state index < -0.39 is 6.17 Å². The van der Waals surface area contributed by atoms with Crippen molar-refractivity contribution in [3.63, 3.8) is 0 Å². The van der Waals surface area contributed by atoms with Crippen molar-refractivity contribution in [1.82, 2.24) is 30.1 Å². The molecule has 1 aliphatic heterocycles. The van der Waals surface area contributed by atoms with Crippen LogP contribution in [0.25, 0.3) is 0 Å². The number of anilines is 1. The highest BCUT2D eigenvalue weighted by Crippen LogP contribution is 2.21. The number of aromatic nitrogens is 4. The van der Waals surface area contributed by atoms with Crippen molar-refractivity contribution >= 4 is 11.7 Å². The lowest BCUT2D eigenvalue weighted by atomic mass is 10.2. The van der Waals surface area contributed by atoms with E-state index in [-0.39, 0.29) is 12.1 Å². The highest BCUT2D eigenvalue weighted by molar-refractivity contribution is 5.88. The summed E-state index contributed by atoms with van der Waals surface area (Å²) in [5.41, 5.74) is 0.601. The Morgan fingerprint density at radius 3 is 3.04 bits per heavy atom. The van der Waals surface area contributed by atoms with Crippen LogP contribution in [0.1, 0.15) is 18.1 Å². The number of aryl methyl sites for hydroxylation is 2. The maximum atomic E-state index is 13.8. The maximum absolute atomic E-state index is 13.8. The quantitative estimate of drug-likeness (QED) is 0.839. The summed E-state index contributed by atoms with van der Waals surface area (Å²) in [5, 5.41) is 13.2. The van der Waals surface area contributed by atoms with Crippen molar-refractivity contribution in [2.45, 2.75) is 32.1 Å². The van der Waals surface area contributed by atoms with Crippen LogP contribution in [-0.2, 0) is 13.6 Å². The molecular formula is C14H20FN7O2. The predicted octanol–water partition coefficient (Wildman–Crippen LogP) is 0.846. The van der Waals surface area contributed by atoms with Crippen molar-refractivity contribution in [2.24, 2.45) is 7.05 Å². The molecule has 0 aromatic carbocycles. The first-order valence-corrected chi connectivity index (χ1v) is 7.70. The molecule has 2 atom stereocenters. The smallest absolute Gasteiger partial charge is 0.319 e. The maximum Gasteiger partial charge on any atom is 0.319 e. The highest BCUT2D eigenvalue weighted by Gasteiger charge is 2.33. The number of halogens is 1. The molecule has 0 unspecified atom stereocenters. The van der Waals surface area contributed by atoms with Crippen LogP contribution in [0, 0.1) is 6.92 Å². The lowest BCUT2D eigenvalue weighted by Crippen LogP contribution is -2.41. The molecule has 9 nitrogen and oxygen atoms in total. The molecule has 2 amide bonds. The number of urea groups is 1. The van der Waals surface area contributed by atoms with Crippen molar-refractivity contribution in [1.29, 1.82) is 0 Å². The second-order valence-electron chi connectivity index (χ2n) is 5.88. The van der Waals surface area contributed by atoms with Crippen LogP contribution < -0.4 is 10.6 Å². The Morgan fingerprint density at radius 1 is 1.54 bits per heavy atom. The average Bonchev–Trinajstić information content (AvgIpc) is 3.20. The third-order valence-corrected chi connectivity index (χ3v) is 3.85. The third kappa shape index (κ3) is 4.07. The Balaban J connectivity index is 1.51. The van der Waals surface area contributed by atoms with E-state index in [1.54, 1.807) is 31.0 Å². The third-order valence-electron chi connectivity index (χ3n) is 3.85. The minimum atomic E-state index is -0.925. The molecule has 0 aliphatic carbocycles. The summed E-state index contributed by atoms with van der Waals surface area (Å²) in [6.45, 7) is 2.74. The van der Waals surface area contributed by atoms with Gasteiger partial charge in [-0.1, -0.05) is 5.16 Å². The largest absolute Gasteiger partial charge is 0.340 e. The summed E-state index contributed by atoms with van der Waals surface area (Å²) in [5.74, 6) is 0.998. The van der Waals surface area contributed by atoms with E-state index in [0.29, 0.717) is 43.5 Å². The van der Waals surface area contributed by atoms with Gasteiger partial charge < -0.3 is 15.2 Å². The Morgan fingerprint density at radius 2 is 2.38 bits per heavy atom. The van der Waals surface area contributed by atoms with Crippen LogP contribution >= 0.6 is 0 Å². The SMILES string of the molecule is Cc1nc(CN2C[C@@H](F)C[C@H]2CNC(=O)Nc2cnn(C)c2)no1. The van der Waals surface area contributed by atoms with Gasteiger partial charge in [0.15, 0.2) is 5.82 Å². The van der Waals surface area contributed by atoms with Gasteiger partial charge in [-0.2, -0.15) is 10.1 Å². The molecule has 0 radical (unpaired) electrons. The Kier molecular flexibility index (Phi) is 4.74. The second kappa shape index (κ2) is 6.95. The molecular weight excluding hydrogens is 317 g/mol. The number of hydrogen-bond donors (Lipinski definition) is 2. The molecule has 1 fully saturated rings. The van der Waals surface area contributed by atoms with Crippen LogP contribution in [0.2, 0.25) is 0 Å². The minimum Gasteiger partial charge on any atom is -0.340 e. The zero-order chi connectivity index (χ0) is 17.1. The molecule has 0 bridgehead atoms. The van der Waals surface area contributed by atoms with Gasteiger partial charge in [0.2, 0.25) is 5.89 Å². The summed E-state index contributed by atoms with van der Waals surface area (Å²) >= 11 is 0. The fourth-order valence-electron chi connectivity index (χ4n) is 2.79. The number of carbonyl (C=O) groups is 1. The van der Waals surface area contributed by atoms with Crippen LogP contribution in [0.3, 0.4) is 0 Å². The number of carbonyl (C=O) groups excluding carboxylic acids is 1. The van der Waals surface area contributed by atoms with Crippen LogP contribution in [0.15, 0.2) is 16.9 Å². The molecule has 130 valence electrons. The second-order valence-corrected chi connectivity index (χ2v) is 5.88. The molecule has 2 aromatic heterocycles. The fraction of sp³-hybridized carbons (Fsp3) is 0.571. The van der Waals surface area contributed by atoms with Gasteiger partial charge in [-0.3, -0.25) is 9.58 Å². The van der Waals surface area contributed by atoms with E-state index in [0.717, 1.165) is 0 Å². The fourth-order valence-corrected chi connectivity index (χ4v) is 2.79.